The fraction of sp³-hybridized carbons (Fsp3) is 0.571. The first-order valence-corrected chi connectivity index (χ1v) is 6.21. The van der Waals surface area contributed by atoms with Gasteiger partial charge in [-0.15, -0.1) is 0 Å². The topological polar surface area (TPSA) is 52.0 Å². The lowest BCUT2D eigenvalue weighted by Crippen LogP contribution is -1.99. The summed E-state index contributed by atoms with van der Waals surface area (Å²) in [6.07, 6.45) is 7.44. The minimum absolute atomic E-state index is 0.765. The fourth-order valence-electron chi connectivity index (χ4n) is 2.01. The van der Waals surface area contributed by atoms with Gasteiger partial charge in [-0.1, -0.05) is 39.0 Å². The molecule has 1 aromatic rings. The van der Waals surface area contributed by atoms with Crippen LogP contribution in [0, 0.1) is 12.8 Å². The van der Waals surface area contributed by atoms with Crippen molar-refractivity contribution in [2.75, 3.05) is 11.5 Å². The monoisotopic (exact) mass is 220 g/mol. The highest BCUT2D eigenvalue weighted by Gasteiger charge is 2.05. The van der Waals surface area contributed by atoms with E-state index in [1.807, 2.05) is 19.1 Å². The van der Waals surface area contributed by atoms with Crippen LogP contribution in [0.1, 0.15) is 44.6 Å². The Morgan fingerprint density at radius 3 is 2.06 bits per heavy atom. The van der Waals surface area contributed by atoms with Crippen molar-refractivity contribution >= 4 is 11.4 Å². The van der Waals surface area contributed by atoms with Gasteiger partial charge in [0.25, 0.3) is 0 Å². The molecule has 0 aromatic heterocycles. The summed E-state index contributed by atoms with van der Waals surface area (Å²) in [5.41, 5.74) is 13.6. The van der Waals surface area contributed by atoms with E-state index in [-0.39, 0.29) is 0 Å². The Bertz CT molecular complexity index is 315. The summed E-state index contributed by atoms with van der Waals surface area (Å²) >= 11 is 0. The molecule has 1 aliphatic rings. The molecule has 16 heavy (non-hydrogen) atoms. The van der Waals surface area contributed by atoms with Gasteiger partial charge in [0.2, 0.25) is 0 Å². The zero-order valence-electron chi connectivity index (χ0n) is 10.5. The molecule has 0 atom stereocenters. The van der Waals surface area contributed by atoms with E-state index < -0.39 is 0 Å². The molecule has 0 saturated heterocycles. The van der Waals surface area contributed by atoms with Crippen molar-refractivity contribution in [1.82, 2.24) is 0 Å². The first-order valence-electron chi connectivity index (χ1n) is 6.21. The normalized spacial score (nSPS) is 16.4. The molecule has 0 aliphatic heterocycles. The summed E-state index contributed by atoms with van der Waals surface area (Å²) in [7, 11) is 0. The van der Waals surface area contributed by atoms with Crippen molar-refractivity contribution in [2.45, 2.75) is 46.0 Å². The highest BCUT2D eigenvalue weighted by Crippen LogP contribution is 2.22. The third-order valence-electron chi connectivity index (χ3n) is 3.19. The van der Waals surface area contributed by atoms with E-state index in [0.717, 1.165) is 22.9 Å². The van der Waals surface area contributed by atoms with Crippen LogP contribution in [0.15, 0.2) is 18.2 Å². The van der Waals surface area contributed by atoms with E-state index in [4.69, 9.17) is 11.5 Å². The van der Waals surface area contributed by atoms with Crippen LogP contribution in [-0.4, -0.2) is 0 Å². The third-order valence-corrected chi connectivity index (χ3v) is 3.19. The van der Waals surface area contributed by atoms with Gasteiger partial charge in [0, 0.05) is 11.4 Å². The molecule has 0 heterocycles. The summed E-state index contributed by atoms with van der Waals surface area (Å²) in [5, 5.41) is 0. The maximum atomic E-state index is 5.53. The second kappa shape index (κ2) is 6.41. The summed E-state index contributed by atoms with van der Waals surface area (Å²) in [5.74, 6) is 1.04. The average Bonchev–Trinajstić information content (AvgIpc) is 2.26. The van der Waals surface area contributed by atoms with Gasteiger partial charge in [-0.05, 0) is 36.6 Å². The quantitative estimate of drug-likeness (QED) is 0.654. The maximum absolute atomic E-state index is 5.53. The Balaban J connectivity index is 0.000000165. The van der Waals surface area contributed by atoms with Crippen molar-refractivity contribution in [3.05, 3.63) is 23.8 Å². The van der Waals surface area contributed by atoms with E-state index >= 15 is 0 Å². The molecule has 1 aromatic carbocycles. The van der Waals surface area contributed by atoms with Crippen LogP contribution in [-0.2, 0) is 0 Å². The van der Waals surface area contributed by atoms with Crippen LogP contribution in [0.3, 0.4) is 0 Å². The molecular formula is C14H24N2. The molecule has 0 spiro atoms. The first-order chi connectivity index (χ1) is 7.59. The van der Waals surface area contributed by atoms with Crippen LogP contribution in [0.5, 0.6) is 0 Å². The molecule has 2 nitrogen and oxygen atoms in total. The molecular weight excluding hydrogens is 196 g/mol. The molecule has 1 fully saturated rings. The minimum Gasteiger partial charge on any atom is -0.399 e. The lowest BCUT2D eigenvalue weighted by molar-refractivity contribution is 0.385. The predicted octanol–water partition coefficient (Wildman–Crippen LogP) is 3.75. The molecule has 0 amide bonds. The fourth-order valence-corrected chi connectivity index (χ4v) is 2.01. The van der Waals surface area contributed by atoms with Crippen LogP contribution in [0.4, 0.5) is 11.4 Å². The van der Waals surface area contributed by atoms with E-state index in [2.05, 4.69) is 6.92 Å². The number of rotatable bonds is 0. The molecule has 1 aliphatic carbocycles. The second-order valence-electron chi connectivity index (χ2n) is 4.86. The minimum atomic E-state index is 0.765. The Morgan fingerprint density at radius 1 is 1.06 bits per heavy atom. The standard InChI is InChI=1S/C7H10N2.C7H14/c1-5-4-6(8)2-3-7(5)9;1-7-5-3-2-4-6-7/h2-4H,8-9H2,1H3;7H,2-6H2,1H3. The maximum Gasteiger partial charge on any atom is 0.0345 e. The number of aryl methyl sites for hydroxylation is 1. The molecule has 4 N–H and O–H groups in total. The Kier molecular flexibility index (Phi) is 5.17. The first kappa shape index (κ1) is 12.9. The van der Waals surface area contributed by atoms with Crippen molar-refractivity contribution in [3.8, 4) is 0 Å². The molecule has 2 rings (SSSR count). The lowest BCUT2D eigenvalue weighted by atomic mass is 9.91. The van der Waals surface area contributed by atoms with Crippen molar-refractivity contribution in [2.24, 2.45) is 5.92 Å². The van der Waals surface area contributed by atoms with Gasteiger partial charge >= 0.3 is 0 Å². The van der Waals surface area contributed by atoms with Crippen LogP contribution >= 0.6 is 0 Å². The smallest absolute Gasteiger partial charge is 0.0345 e. The van der Waals surface area contributed by atoms with Gasteiger partial charge in [0.1, 0.15) is 0 Å². The number of benzene rings is 1. The van der Waals surface area contributed by atoms with Gasteiger partial charge in [0.15, 0.2) is 0 Å². The summed E-state index contributed by atoms with van der Waals surface area (Å²) in [6.45, 7) is 4.30. The van der Waals surface area contributed by atoms with Crippen LogP contribution in [0.2, 0.25) is 0 Å². The van der Waals surface area contributed by atoms with Gasteiger partial charge in [0.05, 0.1) is 0 Å². The molecule has 2 heteroatoms. The van der Waals surface area contributed by atoms with Crippen molar-refractivity contribution < 1.29 is 0 Å². The van der Waals surface area contributed by atoms with Crippen molar-refractivity contribution in [1.29, 1.82) is 0 Å². The number of nitrogens with two attached hydrogens (primary N) is 2. The highest BCUT2D eigenvalue weighted by molar-refractivity contribution is 5.54. The third kappa shape index (κ3) is 4.56. The summed E-state index contributed by atoms with van der Waals surface area (Å²) in [6, 6.07) is 5.46. The zero-order chi connectivity index (χ0) is 12.0. The molecule has 0 unspecified atom stereocenters. The SMILES string of the molecule is CC1CCCCC1.Cc1cc(N)ccc1N. The van der Waals surface area contributed by atoms with Crippen LogP contribution < -0.4 is 11.5 Å². The molecule has 90 valence electrons. The molecule has 1 saturated carbocycles. The Morgan fingerprint density at radius 2 is 1.69 bits per heavy atom. The summed E-state index contributed by atoms with van der Waals surface area (Å²) in [4.78, 5) is 0. The number of anilines is 2. The van der Waals surface area contributed by atoms with Crippen molar-refractivity contribution in [3.63, 3.8) is 0 Å². The average molecular weight is 220 g/mol. The molecule has 0 radical (unpaired) electrons. The van der Waals surface area contributed by atoms with E-state index in [1.165, 1.54) is 32.1 Å². The van der Waals surface area contributed by atoms with Gasteiger partial charge in [-0.2, -0.15) is 0 Å². The second-order valence-corrected chi connectivity index (χ2v) is 4.86. The number of hydrogen-bond donors (Lipinski definition) is 2. The van der Waals surface area contributed by atoms with Gasteiger partial charge in [-0.25, -0.2) is 0 Å². The Labute approximate surface area is 99.0 Å². The number of nitrogen functional groups attached to an aromatic ring is 2. The number of hydrogen-bond acceptors (Lipinski definition) is 2. The largest absolute Gasteiger partial charge is 0.399 e. The highest BCUT2D eigenvalue weighted by atomic mass is 14.6. The molecule has 0 bridgehead atoms. The Hall–Kier alpha value is -1.18. The van der Waals surface area contributed by atoms with E-state index in [0.29, 0.717) is 0 Å². The zero-order valence-corrected chi connectivity index (χ0v) is 10.5. The van der Waals surface area contributed by atoms with Crippen LogP contribution in [0.25, 0.3) is 0 Å². The van der Waals surface area contributed by atoms with E-state index in [9.17, 15) is 0 Å². The predicted molar refractivity (Wildman–Crippen MR) is 72.3 cm³/mol. The lowest BCUT2D eigenvalue weighted by Gasteiger charge is -2.15. The van der Waals surface area contributed by atoms with Gasteiger partial charge in [-0.3, -0.25) is 0 Å². The van der Waals surface area contributed by atoms with Gasteiger partial charge < -0.3 is 11.5 Å². The summed E-state index contributed by atoms with van der Waals surface area (Å²) < 4.78 is 0. The van der Waals surface area contributed by atoms with E-state index in [1.54, 1.807) is 6.07 Å².